The van der Waals surface area contributed by atoms with E-state index in [-0.39, 0.29) is 11.5 Å². The number of nitrogens with zero attached hydrogens (tertiary/aromatic N) is 2. The molecule has 1 aliphatic rings. The second-order valence-electron chi connectivity index (χ2n) is 4.24. The minimum atomic E-state index is -0.309. The van der Waals surface area contributed by atoms with Crippen LogP contribution in [0, 0.1) is 11.3 Å². The van der Waals surface area contributed by atoms with Gasteiger partial charge in [0.05, 0.1) is 18.2 Å². The van der Waals surface area contributed by atoms with Crippen molar-refractivity contribution >= 4 is 11.7 Å². The molecule has 1 aliphatic carbocycles. The molecular formula is C11H14N4O2. The van der Waals surface area contributed by atoms with Crippen molar-refractivity contribution in [3.63, 3.8) is 0 Å². The van der Waals surface area contributed by atoms with Crippen molar-refractivity contribution in [2.45, 2.75) is 31.3 Å². The fourth-order valence-corrected chi connectivity index (χ4v) is 1.97. The van der Waals surface area contributed by atoms with Crippen LogP contribution >= 0.6 is 0 Å². The highest BCUT2D eigenvalue weighted by Crippen LogP contribution is 2.38. The molecule has 0 bridgehead atoms. The molecule has 0 spiro atoms. The van der Waals surface area contributed by atoms with Gasteiger partial charge in [0.2, 0.25) is 5.91 Å². The largest absolute Gasteiger partial charge is 0.378 e. The van der Waals surface area contributed by atoms with E-state index in [1.807, 2.05) is 6.07 Å². The van der Waals surface area contributed by atoms with Gasteiger partial charge in [-0.1, -0.05) is 0 Å². The minimum absolute atomic E-state index is 0.160. The molecule has 0 radical (unpaired) electrons. The maximum absolute atomic E-state index is 11.8. The standard InChI is InChI=1S/C11H14N4O2/c1-17-11(3-2-4-11)5-9(16)14-10-8(6-12)7-13-15-10/h7H,2-5H2,1H3,(H2,13,14,15,16). The summed E-state index contributed by atoms with van der Waals surface area (Å²) in [7, 11) is 1.63. The van der Waals surface area contributed by atoms with Crippen LogP contribution in [0.5, 0.6) is 0 Å². The van der Waals surface area contributed by atoms with Gasteiger partial charge in [0.1, 0.15) is 17.5 Å². The van der Waals surface area contributed by atoms with E-state index in [0.717, 1.165) is 19.3 Å². The summed E-state index contributed by atoms with van der Waals surface area (Å²) in [5, 5.41) is 17.7. The molecule has 1 fully saturated rings. The summed E-state index contributed by atoms with van der Waals surface area (Å²) in [5.41, 5.74) is 0.0233. The van der Waals surface area contributed by atoms with Crippen LogP contribution in [0.1, 0.15) is 31.2 Å². The molecule has 6 heteroatoms. The van der Waals surface area contributed by atoms with Crippen LogP contribution in [-0.4, -0.2) is 28.8 Å². The number of carbonyl (C=O) groups excluding carboxylic acids is 1. The van der Waals surface area contributed by atoms with E-state index in [1.165, 1.54) is 6.20 Å². The number of nitriles is 1. The highest BCUT2D eigenvalue weighted by Gasteiger charge is 2.39. The van der Waals surface area contributed by atoms with Gasteiger partial charge in [0.15, 0.2) is 0 Å². The lowest BCUT2D eigenvalue weighted by atomic mass is 9.77. The molecule has 0 atom stereocenters. The topological polar surface area (TPSA) is 90.8 Å². The number of methoxy groups -OCH3 is 1. The van der Waals surface area contributed by atoms with Crippen molar-refractivity contribution < 1.29 is 9.53 Å². The molecule has 1 aromatic heterocycles. The average molecular weight is 234 g/mol. The quantitative estimate of drug-likeness (QED) is 0.818. The Labute approximate surface area is 99.0 Å². The Kier molecular flexibility index (Phi) is 3.11. The zero-order chi connectivity index (χ0) is 12.3. The zero-order valence-electron chi connectivity index (χ0n) is 9.62. The van der Waals surface area contributed by atoms with Crippen LogP contribution in [0.3, 0.4) is 0 Å². The van der Waals surface area contributed by atoms with E-state index in [2.05, 4.69) is 15.5 Å². The number of anilines is 1. The van der Waals surface area contributed by atoms with E-state index < -0.39 is 0 Å². The molecule has 17 heavy (non-hydrogen) atoms. The van der Waals surface area contributed by atoms with Gasteiger partial charge in [0, 0.05) is 7.11 Å². The van der Waals surface area contributed by atoms with Crippen molar-refractivity contribution in [3.8, 4) is 6.07 Å². The second-order valence-corrected chi connectivity index (χ2v) is 4.24. The van der Waals surface area contributed by atoms with E-state index in [9.17, 15) is 4.79 Å². The van der Waals surface area contributed by atoms with Gasteiger partial charge in [0.25, 0.3) is 0 Å². The number of carbonyl (C=O) groups is 1. The number of hydrogen-bond acceptors (Lipinski definition) is 4. The summed E-state index contributed by atoms with van der Waals surface area (Å²) in [6.07, 6.45) is 4.60. The van der Waals surface area contributed by atoms with E-state index in [1.54, 1.807) is 7.11 Å². The highest BCUT2D eigenvalue weighted by atomic mass is 16.5. The third-order valence-electron chi connectivity index (χ3n) is 3.20. The smallest absolute Gasteiger partial charge is 0.228 e. The Balaban J connectivity index is 1.96. The van der Waals surface area contributed by atoms with E-state index >= 15 is 0 Å². The van der Waals surface area contributed by atoms with Crippen molar-refractivity contribution in [3.05, 3.63) is 11.8 Å². The fourth-order valence-electron chi connectivity index (χ4n) is 1.97. The number of H-pyrrole nitrogens is 1. The van der Waals surface area contributed by atoms with Gasteiger partial charge >= 0.3 is 0 Å². The Hall–Kier alpha value is -1.87. The number of nitrogens with one attached hydrogen (secondary N) is 2. The highest BCUT2D eigenvalue weighted by molar-refractivity contribution is 5.91. The molecule has 1 aromatic rings. The molecule has 0 unspecified atom stereocenters. The van der Waals surface area contributed by atoms with Gasteiger partial charge in [-0.05, 0) is 19.3 Å². The summed E-state index contributed by atoms with van der Waals surface area (Å²) in [6, 6.07) is 1.95. The summed E-state index contributed by atoms with van der Waals surface area (Å²) in [6.45, 7) is 0. The van der Waals surface area contributed by atoms with Crippen molar-refractivity contribution in [2.75, 3.05) is 12.4 Å². The van der Waals surface area contributed by atoms with Crippen molar-refractivity contribution in [1.29, 1.82) is 5.26 Å². The fraction of sp³-hybridized carbons (Fsp3) is 0.545. The summed E-state index contributed by atoms with van der Waals surface area (Å²) >= 11 is 0. The Morgan fingerprint density at radius 1 is 1.76 bits per heavy atom. The molecule has 2 rings (SSSR count). The molecule has 6 nitrogen and oxygen atoms in total. The molecule has 90 valence electrons. The maximum Gasteiger partial charge on any atom is 0.228 e. The molecular weight excluding hydrogens is 220 g/mol. The first-order valence-corrected chi connectivity index (χ1v) is 5.47. The Bertz CT molecular complexity index is 451. The summed E-state index contributed by atoms with van der Waals surface area (Å²) < 4.78 is 5.37. The number of hydrogen-bond donors (Lipinski definition) is 2. The SMILES string of the molecule is COC1(CC(=O)Nc2[nH]ncc2C#N)CCC1. The third-order valence-corrected chi connectivity index (χ3v) is 3.20. The third kappa shape index (κ3) is 2.29. The first kappa shape index (κ1) is 11.6. The number of aromatic nitrogens is 2. The number of ether oxygens (including phenoxy) is 1. The molecule has 1 amide bonds. The molecule has 2 N–H and O–H groups in total. The first-order valence-electron chi connectivity index (χ1n) is 5.47. The molecule has 0 aromatic carbocycles. The first-order chi connectivity index (χ1) is 8.19. The van der Waals surface area contributed by atoms with Crippen molar-refractivity contribution in [2.24, 2.45) is 0 Å². The average Bonchev–Trinajstić information content (AvgIpc) is 2.70. The van der Waals surface area contributed by atoms with Gasteiger partial charge in [-0.2, -0.15) is 10.4 Å². The van der Waals surface area contributed by atoms with Crippen LogP contribution in [-0.2, 0) is 9.53 Å². The second kappa shape index (κ2) is 4.55. The lowest BCUT2D eigenvalue weighted by molar-refractivity contribution is -0.129. The van der Waals surface area contributed by atoms with Crippen LogP contribution in [0.2, 0.25) is 0 Å². The maximum atomic E-state index is 11.8. The van der Waals surface area contributed by atoms with Crippen LogP contribution in [0.4, 0.5) is 5.82 Å². The summed E-state index contributed by atoms with van der Waals surface area (Å²) in [5.74, 6) is 0.190. The molecule has 0 saturated heterocycles. The predicted molar refractivity (Wildman–Crippen MR) is 60.1 cm³/mol. The monoisotopic (exact) mass is 234 g/mol. The Morgan fingerprint density at radius 2 is 2.53 bits per heavy atom. The Morgan fingerprint density at radius 3 is 3.06 bits per heavy atom. The number of aromatic amines is 1. The normalized spacial score (nSPS) is 16.9. The number of rotatable bonds is 4. The lowest BCUT2D eigenvalue weighted by Gasteiger charge is -2.39. The predicted octanol–water partition coefficient (Wildman–Crippen LogP) is 1.18. The minimum Gasteiger partial charge on any atom is -0.378 e. The van der Waals surface area contributed by atoms with E-state index in [0.29, 0.717) is 17.8 Å². The van der Waals surface area contributed by atoms with Crippen molar-refractivity contribution in [1.82, 2.24) is 10.2 Å². The zero-order valence-corrected chi connectivity index (χ0v) is 9.62. The van der Waals surface area contributed by atoms with E-state index in [4.69, 9.17) is 10.00 Å². The summed E-state index contributed by atoms with van der Waals surface area (Å²) in [4.78, 5) is 11.8. The lowest BCUT2D eigenvalue weighted by Crippen LogP contribution is -2.42. The number of amides is 1. The molecule has 0 aliphatic heterocycles. The molecule has 1 saturated carbocycles. The molecule has 1 heterocycles. The van der Waals surface area contributed by atoms with Gasteiger partial charge < -0.3 is 10.1 Å². The van der Waals surface area contributed by atoms with Gasteiger partial charge in [-0.15, -0.1) is 0 Å². The van der Waals surface area contributed by atoms with Crippen LogP contribution in [0.25, 0.3) is 0 Å². The van der Waals surface area contributed by atoms with Gasteiger partial charge in [-0.3, -0.25) is 9.89 Å². The van der Waals surface area contributed by atoms with Crippen LogP contribution in [0.15, 0.2) is 6.20 Å². The van der Waals surface area contributed by atoms with Gasteiger partial charge in [-0.25, -0.2) is 0 Å². The van der Waals surface area contributed by atoms with Crippen LogP contribution < -0.4 is 5.32 Å².